The maximum Gasteiger partial charge on any atom is 0.305 e. The molecule has 0 fully saturated rings. The third-order valence-electron chi connectivity index (χ3n) is 5.80. The summed E-state index contributed by atoms with van der Waals surface area (Å²) in [6.07, 6.45) is 2.13. The minimum Gasteiger partial charge on any atom is -0.453 e. The molecule has 0 aliphatic heterocycles. The molecule has 3 aromatic carbocycles. The van der Waals surface area contributed by atoms with Crippen LogP contribution in [0.2, 0.25) is 0 Å². The van der Waals surface area contributed by atoms with Gasteiger partial charge in [-0.15, -0.1) is 0 Å². The summed E-state index contributed by atoms with van der Waals surface area (Å²) < 4.78 is 71.8. The zero-order valence-electron chi connectivity index (χ0n) is 17.4. The number of benzene rings is 3. The van der Waals surface area contributed by atoms with Crippen molar-refractivity contribution in [2.24, 2.45) is 5.92 Å². The molecular weight excluding hydrogens is 423 g/mol. The first kappa shape index (κ1) is 22.1. The summed E-state index contributed by atoms with van der Waals surface area (Å²) >= 11 is 0. The highest BCUT2D eigenvalue weighted by atomic mass is 19.3. The Labute approximate surface area is 183 Å². The van der Waals surface area contributed by atoms with E-state index in [0.29, 0.717) is 11.5 Å². The quantitative estimate of drug-likeness (QED) is 0.276. The highest BCUT2D eigenvalue weighted by Gasteiger charge is 2.21. The van der Waals surface area contributed by atoms with Crippen LogP contribution in [-0.4, -0.2) is 0 Å². The van der Waals surface area contributed by atoms with Crippen LogP contribution in [0, 0.1) is 23.4 Å². The molecule has 1 atom stereocenters. The highest BCUT2D eigenvalue weighted by molar-refractivity contribution is 5.72. The first-order chi connectivity index (χ1) is 15.4. The molecule has 1 aliphatic rings. The van der Waals surface area contributed by atoms with Crippen molar-refractivity contribution < 1.29 is 26.7 Å². The Morgan fingerprint density at radius 2 is 1.47 bits per heavy atom. The van der Waals surface area contributed by atoms with Gasteiger partial charge in [0.1, 0.15) is 5.82 Å². The van der Waals surface area contributed by atoms with Gasteiger partial charge in [-0.1, -0.05) is 50.1 Å². The van der Waals surface area contributed by atoms with Gasteiger partial charge in [-0.05, 0) is 64.8 Å². The third kappa shape index (κ3) is 4.54. The minimum absolute atomic E-state index is 0.00511. The molecule has 1 nitrogen and oxygen atoms in total. The van der Waals surface area contributed by atoms with Crippen molar-refractivity contribution in [3.05, 3.63) is 89.5 Å². The smallest absolute Gasteiger partial charge is 0.305 e. The van der Waals surface area contributed by atoms with Crippen LogP contribution >= 0.6 is 0 Å². The van der Waals surface area contributed by atoms with Gasteiger partial charge in [-0.25, -0.2) is 13.2 Å². The monoisotopic (exact) mass is 444 g/mol. The van der Waals surface area contributed by atoms with Crippen LogP contribution in [0.3, 0.4) is 0 Å². The molecule has 1 unspecified atom stereocenters. The van der Waals surface area contributed by atoms with Crippen molar-refractivity contribution in [1.82, 2.24) is 0 Å². The first-order valence-electron chi connectivity index (χ1n) is 10.4. The Balaban J connectivity index is 1.61. The zero-order valence-corrected chi connectivity index (χ0v) is 17.4. The summed E-state index contributed by atoms with van der Waals surface area (Å²) in [5, 5.41) is 0. The standard InChI is InChI=1S/C26H21F5O/c1-2-3-15-8-16-4-5-17(10-19(16)9-15)18-6-7-21(22(27)11-18)20-12-23(28)26(24(29)13-20)32-14-25(30)31/h4-7,10-15H,2-3,8-9H2,1H3. The van der Waals surface area contributed by atoms with Crippen LogP contribution in [-0.2, 0) is 12.8 Å². The molecule has 166 valence electrons. The van der Waals surface area contributed by atoms with E-state index in [-0.39, 0.29) is 17.4 Å². The zero-order chi connectivity index (χ0) is 22.8. The topological polar surface area (TPSA) is 9.23 Å². The third-order valence-corrected chi connectivity index (χ3v) is 5.80. The summed E-state index contributed by atoms with van der Waals surface area (Å²) in [5.41, 5.74) is 4.10. The number of fused-ring (bicyclic) bond motifs is 1. The van der Waals surface area contributed by atoms with E-state index >= 15 is 0 Å². The van der Waals surface area contributed by atoms with Crippen molar-refractivity contribution >= 4 is 0 Å². The van der Waals surface area contributed by atoms with Crippen LogP contribution in [0.25, 0.3) is 22.3 Å². The maximum atomic E-state index is 14.9. The van der Waals surface area contributed by atoms with Crippen molar-refractivity contribution in [2.75, 3.05) is 0 Å². The van der Waals surface area contributed by atoms with Crippen LogP contribution in [0.1, 0.15) is 30.9 Å². The van der Waals surface area contributed by atoms with Gasteiger partial charge in [0, 0.05) is 5.56 Å². The summed E-state index contributed by atoms with van der Waals surface area (Å²) in [6.45, 7) is 2.18. The predicted octanol–water partition coefficient (Wildman–Crippen LogP) is 8.07. The van der Waals surface area contributed by atoms with Gasteiger partial charge in [0.15, 0.2) is 23.6 Å². The molecule has 0 saturated carbocycles. The Bertz CT molecular complexity index is 1160. The molecule has 32 heavy (non-hydrogen) atoms. The van der Waals surface area contributed by atoms with Crippen LogP contribution < -0.4 is 4.74 Å². The Morgan fingerprint density at radius 3 is 2.12 bits per heavy atom. The van der Waals surface area contributed by atoms with Crippen molar-refractivity contribution in [1.29, 1.82) is 0 Å². The first-order valence-corrected chi connectivity index (χ1v) is 10.4. The van der Waals surface area contributed by atoms with E-state index in [4.69, 9.17) is 0 Å². The van der Waals surface area contributed by atoms with Gasteiger partial charge < -0.3 is 4.74 Å². The van der Waals surface area contributed by atoms with Crippen molar-refractivity contribution in [3.63, 3.8) is 0 Å². The number of ether oxygens (including phenoxy) is 1. The second-order valence-corrected chi connectivity index (χ2v) is 8.04. The van der Waals surface area contributed by atoms with Crippen molar-refractivity contribution in [3.8, 4) is 28.0 Å². The number of halogens is 5. The van der Waals surface area contributed by atoms with Gasteiger partial charge in [0.2, 0.25) is 0 Å². The number of hydrogen-bond acceptors (Lipinski definition) is 1. The Hall–Kier alpha value is -3.15. The molecular formula is C26H21F5O. The normalized spacial score (nSPS) is 14.9. The molecule has 0 N–H and O–H groups in total. The van der Waals surface area contributed by atoms with Gasteiger partial charge in [-0.2, -0.15) is 8.78 Å². The fraction of sp³-hybridized carbons (Fsp3) is 0.231. The Kier molecular flexibility index (Phi) is 6.31. The second-order valence-electron chi connectivity index (χ2n) is 8.04. The lowest BCUT2D eigenvalue weighted by atomic mass is 9.97. The van der Waals surface area contributed by atoms with E-state index in [1.807, 2.05) is 6.07 Å². The summed E-state index contributed by atoms with van der Waals surface area (Å²) in [6, 6.07) is 12.3. The highest BCUT2D eigenvalue weighted by Crippen LogP contribution is 2.35. The molecule has 0 amide bonds. The number of hydrogen-bond donors (Lipinski definition) is 0. The molecule has 0 heterocycles. The maximum absolute atomic E-state index is 14.9. The minimum atomic E-state index is -2.23. The largest absolute Gasteiger partial charge is 0.453 e. The average Bonchev–Trinajstić information content (AvgIpc) is 3.14. The van der Waals surface area contributed by atoms with E-state index in [1.54, 1.807) is 6.07 Å². The van der Waals surface area contributed by atoms with E-state index in [0.717, 1.165) is 37.0 Å². The van der Waals surface area contributed by atoms with E-state index in [1.165, 1.54) is 29.7 Å². The van der Waals surface area contributed by atoms with E-state index < -0.39 is 29.3 Å². The molecule has 0 spiro atoms. The molecule has 3 aromatic rings. The molecule has 0 saturated heterocycles. The summed E-state index contributed by atoms with van der Waals surface area (Å²) in [5.74, 6) is -3.38. The van der Waals surface area contributed by atoms with Crippen LogP contribution in [0.15, 0.2) is 60.9 Å². The fourth-order valence-corrected chi connectivity index (χ4v) is 4.36. The lowest BCUT2D eigenvalue weighted by Crippen LogP contribution is -1.97. The average molecular weight is 444 g/mol. The fourth-order valence-electron chi connectivity index (χ4n) is 4.36. The SMILES string of the molecule is CCCC1Cc2ccc(-c3ccc(-c4cc(F)c(OC=C(F)F)c(F)c4)c(F)c3)cc2C1. The molecule has 6 heteroatoms. The molecule has 4 rings (SSSR count). The lowest BCUT2D eigenvalue weighted by Gasteiger charge is -2.10. The molecule has 0 bridgehead atoms. The van der Waals surface area contributed by atoms with E-state index in [2.05, 4.69) is 23.8 Å². The summed E-state index contributed by atoms with van der Waals surface area (Å²) in [4.78, 5) is 0. The molecule has 0 radical (unpaired) electrons. The van der Waals surface area contributed by atoms with Crippen LogP contribution in [0.4, 0.5) is 22.0 Å². The summed E-state index contributed by atoms with van der Waals surface area (Å²) in [7, 11) is 0. The van der Waals surface area contributed by atoms with Gasteiger partial charge >= 0.3 is 6.08 Å². The predicted molar refractivity (Wildman–Crippen MR) is 114 cm³/mol. The van der Waals surface area contributed by atoms with Crippen LogP contribution in [0.5, 0.6) is 5.75 Å². The Morgan fingerprint density at radius 1 is 0.844 bits per heavy atom. The van der Waals surface area contributed by atoms with Crippen molar-refractivity contribution in [2.45, 2.75) is 32.6 Å². The van der Waals surface area contributed by atoms with Gasteiger partial charge in [0.05, 0.1) is 0 Å². The van der Waals surface area contributed by atoms with E-state index in [9.17, 15) is 22.0 Å². The second kappa shape index (κ2) is 9.15. The lowest BCUT2D eigenvalue weighted by molar-refractivity contribution is 0.344. The van der Waals surface area contributed by atoms with Gasteiger partial charge in [0.25, 0.3) is 0 Å². The molecule has 0 aromatic heterocycles. The number of rotatable bonds is 6. The molecule has 1 aliphatic carbocycles. The van der Waals surface area contributed by atoms with Gasteiger partial charge in [-0.3, -0.25) is 0 Å².